The molecule has 2 fully saturated rings. The monoisotopic (exact) mass is 280 g/mol. The molecule has 0 aromatic heterocycles. The van der Waals surface area contributed by atoms with Crippen molar-refractivity contribution in [3.8, 4) is 0 Å². The van der Waals surface area contributed by atoms with Gasteiger partial charge in [0.2, 0.25) is 5.91 Å². The minimum atomic E-state index is -0.465. The van der Waals surface area contributed by atoms with E-state index < -0.39 is 11.6 Å². The van der Waals surface area contributed by atoms with Crippen LogP contribution in [0.4, 0.5) is 8.78 Å². The average Bonchev–Trinajstić information content (AvgIpc) is 2.46. The number of carbonyl (C=O) groups excluding carboxylic acids is 1. The van der Waals surface area contributed by atoms with Crippen molar-refractivity contribution in [2.24, 2.45) is 5.92 Å². The Balaban J connectivity index is 1.83. The van der Waals surface area contributed by atoms with Gasteiger partial charge in [-0.15, -0.1) is 0 Å². The first-order chi connectivity index (χ1) is 9.65. The van der Waals surface area contributed by atoms with E-state index in [0.717, 1.165) is 38.1 Å². The highest BCUT2D eigenvalue weighted by Gasteiger charge is 2.37. The first kappa shape index (κ1) is 13.5. The number of carbonyl (C=O) groups is 1. The van der Waals surface area contributed by atoms with Crippen molar-refractivity contribution in [1.82, 2.24) is 10.2 Å². The molecule has 2 aliphatic heterocycles. The SMILES string of the molecule is O=C1CCC2CNCCC2N1Cc1cc(F)ccc1F. The fourth-order valence-corrected chi connectivity index (χ4v) is 3.30. The molecule has 0 radical (unpaired) electrons. The summed E-state index contributed by atoms with van der Waals surface area (Å²) in [6.45, 7) is 1.94. The third-order valence-electron chi connectivity index (χ3n) is 4.37. The molecule has 5 heteroatoms. The van der Waals surface area contributed by atoms with Gasteiger partial charge in [-0.3, -0.25) is 4.79 Å². The van der Waals surface area contributed by atoms with Crippen LogP contribution < -0.4 is 5.32 Å². The molecule has 0 aliphatic carbocycles. The Labute approximate surface area is 117 Å². The Hall–Kier alpha value is -1.49. The molecule has 0 spiro atoms. The lowest BCUT2D eigenvalue weighted by molar-refractivity contribution is -0.140. The molecule has 2 heterocycles. The quantitative estimate of drug-likeness (QED) is 0.899. The van der Waals surface area contributed by atoms with Crippen molar-refractivity contribution >= 4 is 5.91 Å². The lowest BCUT2D eigenvalue weighted by Crippen LogP contribution is -2.54. The Bertz CT molecular complexity index is 521. The molecule has 2 unspecified atom stereocenters. The van der Waals surface area contributed by atoms with Crippen molar-refractivity contribution in [2.75, 3.05) is 13.1 Å². The van der Waals surface area contributed by atoms with Crippen LogP contribution in [0.2, 0.25) is 0 Å². The highest BCUT2D eigenvalue weighted by molar-refractivity contribution is 5.77. The van der Waals surface area contributed by atoms with Crippen molar-refractivity contribution in [1.29, 1.82) is 0 Å². The van der Waals surface area contributed by atoms with Crippen LogP contribution in [0, 0.1) is 17.6 Å². The summed E-state index contributed by atoms with van der Waals surface area (Å²) in [5, 5.41) is 3.33. The van der Waals surface area contributed by atoms with Gasteiger partial charge in [0, 0.05) is 24.6 Å². The molecule has 2 saturated heterocycles. The molecule has 3 rings (SSSR count). The molecular weight excluding hydrogens is 262 g/mol. The zero-order valence-electron chi connectivity index (χ0n) is 11.2. The van der Waals surface area contributed by atoms with Crippen LogP contribution in [0.1, 0.15) is 24.8 Å². The number of piperidine rings is 2. The van der Waals surface area contributed by atoms with Crippen LogP contribution in [0.15, 0.2) is 18.2 Å². The van der Waals surface area contributed by atoms with E-state index in [-0.39, 0.29) is 24.1 Å². The predicted molar refractivity (Wildman–Crippen MR) is 70.9 cm³/mol. The zero-order valence-corrected chi connectivity index (χ0v) is 11.2. The lowest BCUT2D eigenvalue weighted by atomic mass is 9.84. The second-order valence-electron chi connectivity index (χ2n) is 5.62. The molecule has 1 amide bonds. The molecule has 2 aliphatic rings. The fourth-order valence-electron chi connectivity index (χ4n) is 3.30. The molecule has 0 bridgehead atoms. The summed E-state index contributed by atoms with van der Waals surface area (Å²) < 4.78 is 27.0. The standard InChI is InChI=1S/C15H18F2N2O/c16-12-2-3-13(17)11(7-12)9-19-14-5-6-18-8-10(14)1-4-15(19)20/h2-3,7,10,14,18H,1,4-6,8-9H2. The number of benzene rings is 1. The highest BCUT2D eigenvalue weighted by atomic mass is 19.1. The normalized spacial score (nSPS) is 26.5. The maximum Gasteiger partial charge on any atom is 0.223 e. The summed E-state index contributed by atoms with van der Waals surface area (Å²) in [7, 11) is 0. The molecule has 108 valence electrons. The molecule has 3 nitrogen and oxygen atoms in total. The Morgan fingerprint density at radius 1 is 1.30 bits per heavy atom. The number of rotatable bonds is 2. The smallest absolute Gasteiger partial charge is 0.223 e. The van der Waals surface area contributed by atoms with Gasteiger partial charge in [-0.1, -0.05) is 0 Å². The topological polar surface area (TPSA) is 32.3 Å². The van der Waals surface area contributed by atoms with E-state index in [9.17, 15) is 13.6 Å². The van der Waals surface area contributed by atoms with Gasteiger partial charge in [-0.05, 0) is 50.0 Å². The summed E-state index contributed by atoms with van der Waals surface area (Å²) in [5.41, 5.74) is 0.262. The number of nitrogens with zero attached hydrogens (tertiary/aromatic N) is 1. The summed E-state index contributed by atoms with van der Waals surface area (Å²) in [6, 6.07) is 3.57. The van der Waals surface area contributed by atoms with Crippen molar-refractivity contribution in [2.45, 2.75) is 31.8 Å². The number of amides is 1. The van der Waals surface area contributed by atoms with E-state index in [2.05, 4.69) is 5.32 Å². The Morgan fingerprint density at radius 2 is 2.15 bits per heavy atom. The van der Waals surface area contributed by atoms with Crippen LogP contribution in [-0.2, 0) is 11.3 Å². The van der Waals surface area contributed by atoms with Gasteiger partial charge in [-0.2, -0.15) is 0 Å². The Morgan fingerprint density at radius 3 is 3.00 bits per heavy atom. The summed E-state index contributed by atoms with van der Waals surface area (Å²) in [6.07, 6.45) is 2.27. The molecule has 20 heavy (non-hydrogen) atoms. The third-order valence-corrected chi connectivity index (χ3v) is 4.37. The van der Waals surface area contributed by atoms with Crippen molar-refractivity contribution < 1.29 is 13.6 Å². The van der Waals surface area contributed by atoms with Gasteiger partial charge >= 0.3 is 0 Å². The largest absolute Gasteiger partial charge is 0.335 e. The van der Waals surface area contributed by atoms with Gasteiger partial charge in [0.25, 0.3) is 0 Å². The molecule has 1 N–H and O–H groups in total. The van der Waals surface area contributed by atoms with E-state index in [1.807, 2.05) is 0 Å². The van der Waals surface area contributed by atoms with Gasteiger partial charge in [0.05, 0.1) is 0 Å². The summed E-state index contributed by atoms with van der Waals surface area (Å²) in [5.74, 6) is -0.433. The molecule has 1 aromatic carbocycles. The number of nitrogens with one attached hydrogen (secondary N) is 1. The second kappa shape index (κ2) is 5.48. The first-order valence-corrected chi connectivity index (χ1v) is 7.09. The number of hydrogen-bond donors (Lipinski definition) is 1. The van der Waals surface area contributed by atoms with Crippen LogP contribution >= 0.6 is 0 Å². The van der Waals surface area contributed by atoms with Gasteiger partial charge in [0.1, 0.15) is 11.6 Å². The van der Waals surface area contributed by atoms with Crippen LogP contribution in [0.5, 0.6) is 0 Å². The van der Waals surface area contributed by atoms with E-state index in [1.165, 1.54) is 6.07 Å². The molecule has 0 saturated carbocycles. The lowest BCUT2D eigenvalue weighted by Gasteiger charge is -2.44. The maximum absolute atomic E-state index is 13.8. The maximum atomic E-state index is 13.8. The fraction of sp³-hybridized carbons (Fsp3) is 0.533. The second-order valence-corrected chi connectivity index (χ2v) is 5.62. The van der Waals surface area contributed by atoms with Crippen molar-refractivity contribution in [3.05, 3.63) is 35.4 Å². The number of halogens is 2. The van der Waals surface area contributed by atoms with E-state index in [4.69, 9.17) is 0 Å². The van der Waals surface area contributed by atoms with Crippen LogP contribution in [0.3, 0.4) is 0 Å². The predicted octanol–water partition coefficient (Wildman–Crippen LogP) is 2.07. The average molecular weight is 280 g/mol. The van der Waals surface area contributed by atoms with Gasteiger partial charge < -0.3 is 10.2 Å². The molecule has 2 atom stereocenters. The summed E-state index contributed by atoms with van der Waals surface area (Å²) >= 11 is 0. The van der Waals surface area contributed by atoms with E-state index in [1.54, 1.807) is 4.90 Å². The van der Waals surface area contributed by atoms with Gasteiger partial charge in [-0.25, -0.2) is 8.78 Å². The first-order valence-electron chi connectivity index (χ1n) is 7.09. The Kier molecular flexibility index (Phi) is 3.70. The highest BCUT2D eigenvalue weighted by Crippen LogP contribution is 2.30. The third kappa shape index (κ3) is 2.54. The molecule has 1 aromatic rings. The van der Waals surface area contributed by atoms with Gasteiger partial charge in [0.15, 0.2) is 0 Å². The van der Waals surface area contributed by atoms with Crippen molar-refractivity contribution in [3.63, 3.8) is 0 Å². The summed E-state index contributed by atoms with van der Waals surface area (Å²) in [4.78, 5) is 13.9. The van der Waals surface area contributed by atoms with Crippen LogP contribution in [-0.4, -0.2) is 29.9 Å². The number of hydrogen-bond acceptors (Lipinski definition) is 2. The number of likely N-dealkylation sites (tertiary alicyclic amines) is 1. The van der Waals surface area contributed by atoms with E-state index in [0.29, 0.717) is 12.3 Å². The van der Waals surface area contributed by atoms with Crippen LogP contribution in [0.25, 0.3) is 0 Å². The van der Waals surface area contributed by atoms with E-state index >= 15 is 0 Å². The minimum Gasteiger partial charge on any atom is -0.335 e. The zero-order chi connectivity index (χ0) is 14.1. The minimum absolute atomic E-state index is 0.0526. The molecular formula is C15H18F2N2O. The number of fused-ring (bicyclic) bond motifs is 1.